The van der Waals surface area contributed by atoms with Crippen LogP contribution in [0.3, 0.4) is 0 Å². The highest BCUT2D eigenvalue weighted by Gasteiger charge is 2.40. The lowest BCUT2D eigenvalue weighted by Gasteiger charge is -2.37. The first-order chi connectivity index (χ1) is 13.1. The molecule has 5 heteroatoms. The standard InChI is InChI=1S/C24H41NOP2Si/c1-16(2)18-14-13-15-19(17(3)4)20(18)25-21(23(5,6)7)27-28-22(25)26-29(11,12)24(8,9)10/h13-17H,1-12H3. The summed E-state index contributed by atoms with van der Waals surface area (Å²) in [6, 6.07) is 6.84. The van der Waals surface area contributed by atoms with Crippen molar-refractivity contribution in [2.24, 2.45) is 0 Å². The van der Waals surface area contributed by atoms with Crippen molar-refractivity contribution in [3.63, 3.8) is 0 Å². The van der Waals surface area contributed by atoms with Crippen molar-refractivity contribution in [1.82, 2.24) is 4.57 Å². The molecule has 0 amide bonds. The maximum absolute atomic E-state index is 6.97. The Morgan fingerprint density at radius 2 is 1.34 bits per heavy atom. The molecule has 0 spiro atoms. The predicted octanol–water partition coefficient (Wildman–Crippen LogP) is 9.57. The van der Waals surface area contributed by atoms with Gasteiger partial charge in [-0.3, -0.25) is 4.57 Å². The number of nitrogens with zero attached hydrogens (tertiary/aromatic N) is 1. The van der Waals surface area contributed by atoms with Crippen molar-refractivity contribution >= 4 is 24.1 Å². The Morgan fingerprint density at radius 3 is 1.72 bits per heavy atom. The molecule has 0 saturated carbocycles. The van der Waals surface area contributed by atoms with Crippen LogP contribution in [0.15, 0.2) is 18.2 Å². The fourth-order valence-electron chi connectivity index (χ4n) is 3.17. The number of benzene rings is 1. The lowest BCUT2D eigenvalue weighted by molar-refractivity contribution is 0.465. The van der Waals surface area contributed by atoms with E-state index in [1.807, 2.05) is 0 Å². The molecule has 0 bridgehead atoms. The zero-order valence-corrected chi connectivity index (χ0v) is 23.4. The quantitative estimate of drug-likeness (QED) is 0.414. The maximum Gasteiger partial charge on any atom is 0.252 e. The highest BCUT2D eigenvalue weighted by atomic mass is 31.8. The van der Waals surface area contributed by atoms with Gasteiger partial charge in [-0.25, -0.2) is 0 Å². The van der Waals surface area contributed by atoms with E-state index in [4.69, 9.17) is 4.43 Å². The van der Waals surface area contributed by atoms with E-state index in [1.165, 1.54) is 38.0 Å². The Balaban J connectivity index is 2.87. The van der Waals surface area contributed by atoms with Gasteiger partial charge in [0.05, 0.1) is 11.1 Å². The van der Waals surface area contributed by atoms with Crippen LogP contribution in [0, 0.1) is 0 Å². The van der Waals surface area contributed by atoms with Crippen LogP contribution in [0.5, 0.6) is 5.61 Å². The number of rotatable bonds is 5. The van der Waals surface area contributed by atoms with Gasteiger partial charge in [0.15, 0.2) is 0 Å². The van der Waals surface area contributed by atoms with Gasteiger partial charge < -0.3 is 4.43 Å². The molecule has 0 fully saturated rings. The van der Waals surface area contributed by atoms with E-state index >= 15 is 0 Å². The fourth-order valence-corrected chi connectivity index (χ4v) is 8.35. The summed E-state index contributed by atoms with van der Waals surface area (Å²) >= 11 is 0. The second kappa shape index (κ2) is 8.49. The Morgan fingerprint density at radius 1 is 0.862 bits per heavy atom. The molecule has 1 heterocycles. The van der Waals surface area contributed by atoms with Crippen LogP contribution in [0.1, 0.15) is 97.6 Å². The molecular weight excluding hydrogens is 408 g/mol. The van der Waals surface area contributed by atoms with Gasteiger partial charge in [0.25, 0.3) is 8.32 Å². The number of aromatic nitrogens is 1. The smallest absolute Gasteiger partial charge is 0.252 e. The zero-order valence-electron chi connectivity index (χ0n) is 20.6. The molecule has 29 heavy (non-hydrogen) atoms. The first-order valence-corrected chi connectivity index (χ1v) is 16.3. The summed E-state index contributed by atoms with van der Waals surface area (Å²) in [6.45, 7) is 27.9. The predicted molar refractivity (Wildman–Crippen MR) is 135 cm³/mol. The van der Waals surface area contributed by atoms with Crippen molar-refractivity contribution < 1.29 is 4.43 Å². The summed E-state index contributed by atoms with van der Waals surface area (Å²) in [4.78, 5) is 0. The fraction of sp³-hybridized carbons (Fsp3) is 0.667. The average Bonchev–Trinajstić information content (AvgIpc) is 2.95. The van der Waals surface area contributed by atoms with Gasteiger partial charge in [0.1, 0.15) is 0 Å². The van der Waals surface area contributed by atoms with Crippen LogP contribution in [-0.4, -0.2) is 12.9 Å². The van der Waals surface area contributed by atoms with Crippen LogP contribution >= 0.6 is 15.7 Å². The molecule has 0 aliphatic rings. The molecule has 1 aromatic heterocycles. The van der Waals surface area contributed by atoms with E-state index in [0.29, 0.717) is 11.8 Å². The summed E-state index contributed by atoms with van der Waals surface area (Å²) in [6.07, 6.45) is 0. The molecule has 1 aromatic carbocycles. The van der Waals surface area contributed by atoms with Crippen LogP contribution in [-0.2, 0) is 5.41 Å². The van der Waals surface area contributed by atoms with E-state index in [-0.39, 0.29) is 10.5 Å². The van der Waals surface area contributed by atoms with Gasteiger partial charge >= 0.3 is 0 Å². The van der Waals surface area contributed by atoms with Gasteiger partial charge in [0.2, 0.25) is 5.61 Å². The third kappa shape index (κ3) is 5.17. The average molecular weight is 450 g/mol. The molecular formula is C24H41NOP2Si. The van der Waals surface area contributed by atoms with Gasteiger partial charge in [-0.2, -0.15) is 0 Å². The minimum absolute atomic E-state index is 0.0887. The SMILES string of the molecule is CC(C)c1cccc(C(C)C)c1-n1c(O[Si](C)(C)C(C)(C)C)ppc1C(C)(C)C. The molecule has 2 aromatic rings. The summed E-state index contributed by atoms with van der Waals surface area (Å²) < 4.78 is 9.49. The minimum atomic E-state index is -1.93. The lowest BCUT2D eigenvalue weighted by atomic mass is 9.91. The van der Waals surface area contributed by atoms with Crippen LogP contribution in [0.25, 0.3) is 5.69 Å². The lowest BCUT2D eigenvalue weighted by Crippen LogP contribution is -2.44. The van der Waals surface area contributed by atoms with E-state index in [1.54, 1.807) is 0 Å². The van der Waals surface area contributed by atoms with Crippen molar-refractivity contribution in [3.8, 4) is 11.3 Å². The molecule has 0 saturated heterocycles. The molecule has 0 N–H and O–H groups in total. The largest absolute Gasteiger partial charge is 0.528 e. The molecule has 0 atom stereocenters. The molecule has 0 unspecified atom stereocenters. The Hall–Kier alpha value is -0.623. The van der Waals surface area contributed by atoms with Crippen molar-refractivity contribution in [1.29, 1.82) is 0 Å². The minimum Gasteiger partial charge on any atom is -0.528 e. The van der Waals surface area contributed by atoms with Crippen LogP contribution in [0.4, 0.5) is 0 Å². The maximum atomic E-state index is 6.97. The molecule has 0 aliphatic heterocycles. The third-order valence-corrected chi connectivity index (χ3v) is 13.5. The first-order valence-electron chi connectivity index (χ1n) is 10.9. The molecule has 162 valence electrons. The second-order valence-electron chi connectivity index (χ2n) is 11.3. The van der Waals surface area contributed by atoms with Crippen molar-refractivity contribution in [3.05, 3.63) is 34.8 Å². The number of para-hydroxylation sites is 1. The molecule has 2 rings (SSSR count). The van der Waals surface area contributed by atoms with Crippen LogP contribution < -0.4 is 4.43 Å². The first kappa shape index (κ1) is 24.6. The van der Waals surface area contributed by atoms with Gasteiger partial charge in [-0.15, -0.1) is 0 Å². The molecule has 2 nitrogen and oxygen atoms in total. The van der Waals surface area contributed by atoms with Gasteiger partial charge in [0, 0.05) is 13.3 Å². The summed E-state index contributed by atoms with van der Waals surface area (Å²) in [5, 5.41) is 0.182. The van der Waals surface area contributed by atoms with E-state index in [0.717, 1.165) is 5.61 Å². The second-order valence-corrected chi connectivity index (χ2v) is 18.5. The zero-order chi connectivity index (χ0) is 22.4. The molecule has 0 aliphatic carbocycles. The Labute approximate surface area is 183 Å². The van der Waals surface area contributed by atoms with E-state index in [2.05, 4.69) is 105 Å². The topological polar surface area (TPSA) is 14.2 Å². The third-order valence-electron chi connectivity index (χ3n) is 6.02. The monoisotopic (exact) mass is 449 g/mol. The molecule has 0 radical (unpaired) electrons. The number of hydrogen-bond donors (Lipinski definition) is 0. The number of hydrogen-bond acceptors (Lipinski definition) is 1. The van der Waals surface area contributed by atoms with E-state index in [9.17, 15) is 0 Å². The highest BCUT2D eigenvalue weighted by molar-refractivity contribution is 7.91. The Kier molecular flexibility index (Phi) is 7.21. The summed E-state index contributed by atoms with van der Waals surface area (Å²) in [7, 11) is 0.687. The highest BCUT2D eigenvalue weighted by Crippen LogP contribution is 2.51. The van der Waals surface area contributed by atoms with Gasteiger partial charge in [-0.1, -0.05) is 87.4 Å². The van der Waals surface area contributed by atoms with Crippen molar-refractivity contribution in [2.45, 2.75) is 105 Å². The van der Waals surface area contributed by atoms with Gasteiger partial charge in [-0.05, 0) is 49.0 Å². The van der Waals surface area contributed by atoms with Crippen molar-refractivity contribution in [2.75, 3.05) is 0 Å². The summed E-state index contributed by atoms with van der Waals surface area (Å²) in [5.74, 6) is 0.931. The Bertz CT molecular complexity index is 828. The van der Waals surface area contributed by atoms with Crippen LogP contribution in [0.2, 0.25) is 18.1 Å². The van der Waals surface area contributed by atoms with E-state index < -0.39 is 8.32 Å². The summed E-state index contributed by atoms with van der Waals surface area (Å²) in [5.41, 5.74) is 6.88. The normalized spacial score (nSPS) is 14.0.